The lowest BCUT2D eigenvalue weighted by atomic mass is 10.1. The summed E-state index contributed by atoms with van der Waals surface area (Å²) in [6.45, 7) is 1.66. The van der Waals surface area contributed by atoms with Gasteiger partial charge < -0.3 is 5.32 Å². The van der Waals surface area contributed by atoms with Crippen LogP contribution in [0.3, 0.4) is 0 Å². The number of nitrogens with zero attached hydrogens (tertiary/aromatic N) is 1. The van der Waals surface area contributed by atoms with Gasteiger partial charge in [-0.05, 0) is 24.6 Å². The zero-order valence-electron chi connectivity index (χ0n) is 11.1. The van der Waals surface area contributed by atoms with Crippen molar-refractivity contribution in [3.8, 4) is 0 Å². The van der Waals surface area contributed by atoms with Crippen molar-refractivity contribution >= 4 is 31.9 Å². The van der Waals surface area contributed by atoms with Crippen molar-refractivity contribution in [1.82, 2.24) is 9.62 Å². The first-order valence-electron chi connectivity index (χ1n) is 5.66. The van der Waals surface area contributed by atoms with E-state index in [2.05, 4.69) is 21.2 Å². The number of nitrogens with one attached hydrogen (secondary N) is 1. The summed E-state index contributed by atoms with van der Waals surface area (Å²) in [4.78, 5) is 11.7. The number of hydrogen-bond donors (Lipinski definition) is 1. The maximum atomic E-state index is 11.7. The molecule has 0 saturated carbocycles. The van der Waals surface area contributed by atoms with Crippen LogP contribution in [0.4, 0.5) is 0 Å². The number of carbonyl (C=O) groups is 1. The zero-order chi connectivity index (χ0) is 14.6. The van der Waals surface area contributed by atoms with Crippen molar-refractivity contribution in [2.45, 2.75) is 13.0 Å². The number of rotatable bonds is 5. The molecule has 0 saturated heterocycles. The third-order valence-corrected chi connectivity index (χ3v) is 4.41. The largest absolute Gasteiger partial charge is 0.348 e. The summed E-state index contributed by atoms with van der Waals surface area (Å²) >= 11 is 3.36. The van der Waals surface area contributed by atoms with E-state index in [1.54, 1.807) is 0 Å². The van der Waals surface area contributed by atoms with Gasteiger partial charge >= 0.3 is 0 Å². The molecule has 1 amide bonds. The van der Waals surface area contributed by atoms with Gasteiger partial charge in [0.25, 0.3) is 0 Å². The molecule has 1 N–H and O–H groups in total. The Hall–Kier alpha value is -0.920. The molecule has 0 aromatic heterocycles. The molecule has 1 atom stereocenters. The maximum absolute atomic E-state index is 11.7. The highest BCUT2D eigenvalue weighted by molar-refractivity contribution is 9.10. The van der Waals surface area contributed by atoms with Crippen molar-refractivity contribution in [3.05, 3.63) is 34.3 Å². The van der Waals surface area contributed by atoms with Crippen LogP contribution < -0.4 is 5.32 Å². The number of halogens is 1. The lowest BCUT2D eigenvalue weighted by Crippen LogP contribution is -2.38. The minimum Gasteiger partial charge on any atom is -0.348 e. The van der Waals surface area contributed by atoms with Crippen molar-refractivity contribution in [1.29, 1.82) is 0 Å². The van der Waals surface area contributed by atoms with Gasteiger partial charge in [-0.3, -0.25) is 4.79 Å². The molecule has 0 fully saturated rings. The second-order valence-electron chi connectivity index (χ2n) is 4.36. The zero-order valence-corrected chi connectivity index (χ0v) is 13.5. The molecule has 1 aromatic carbocycles. The van der Waals surface area contributed by atoms with Crippen LogP contribution in [0.25, 0.3) is 0 Å². The fraction of sp³-hybridized carbons (Fsp3) is 0.417. The Bertz CT molecular complexity index is 560. The second kappa shape index (κ2) is 6.49. The van der Waals surface area contributed by atoms with Gasteiger partial charge in [0.05, 0.1) is 18.8 Å². The van der Waals surface area contributed by atoms with Crippen molar-refractivity contribution in [2.24, 2.45) is 0 Å². The maximum Gasteiger partial charge on any atom is 0.235 e. The monoisotopic (exact) mass is 348 g/mol. The third-order valence-electron chi connectivity index (χ3n) is 2.66. The van der Waals surface area contributed by atoms with Crippen molar-refractivity contribution in [2.75, 3.05) is 19.8 Å². The Morgan fingerprint density at radius 1 is 1.47 bits per heavy atom. The topological polar surface area (TPSA) is 66.5 Å². The van der Waals surface area contributed by atoms with E-state index >= 15 is 0 Å². The van der Waals surface area contributed by atoms with Crippen LogP contribution >= 0.6 is 15.9 Å². The standard InChI is InChI=1S/C12H17BrN2O3S/c1-9(10-5-4-6-11(13)7-10)14-12(16)8-15(2)19(3,17)18/h4-7,9H,8H2,1-3H3,(H,14,16)/t9-/m0/s1. The summed E-state index contributed by atoms with van der Waals surface area (Å²) in [5, 5.41) is 2.76. The third kappa shape index (κ3) is 5.30. The quantitative estimate of drug-likeness (QED) is 0.877. The van der Waals surface area contributed by atoms with Gasteiger partial charge in [0, 0.05) is 11.5 Å². The first-order chi connectivity index (χ1) is 8.70. The summed E-state index contributed by atoms with van der Waals surface area (Å²) in [5.74, 6) is -0.333. The van der Waals surface area contributed by atoms with Crippen LogP contribution in [-0.4, -0.2) is 38.5 Å². The molecular weight excluding hydrogens is 332 g/mol. The van der Waals surface area contributed by atoms with E-state index in [1.165, 1.54) is 7.05 Å². The minimum absolute atomic E-state index is 0.182. The average molecular weight is 349 g/mol. The molecule has 19 heavy (non-hydrogen) atoms. The molecule has 0 bridgehead atoms. The number of sulfonamides is 1. The van der Waals surface area contributed by atoms with Gasteiger partial charge in [-0.2, -0.15) is 4.31 Å². The molecular formula is C12H17BrN2O3S. The highest BCUT2D eigenvalue weighted by atomic mass is 79.9. The van der Waals surface area contributed by atoms with Crippen molar-refractivity contribution < 1.29 is 13.2 Å². The van der Waals surface area contributed by atoms with Crippen molar-refractivity contribution in [3.63, 3.8) is 0 Å². The smallest absolute Gasteiger partial charge is 0.235 e. The molecule has 0 aliphatic carbocycles. The molecule has 0 aliphatic heterocycles. The first-order valence-corrected chi connectivity index (χ1v) is 8.30. The SMILES string of the molecule is C[C@H](NC(=O)CN(C)S(C)(=O)=O)c1cccc(Br)c1. The summed E-state index contributed by atoms with van der Waals surface area (Å²) in [7, 11) is -1.97. The number of hydrogen-bond acceptors (Lipinski definition) is 3. The number of amides is 1. The molecule has 5 nitrogen and oxygen atoms in total. The van der Waals surface area contributed by atoms with Crippen LogP contribution in [0.5, 0.6) is 0 Å². The Morgan fingerprint density at radius 2 is 2.11 bits per heavy atom. The van der Waals surface area contributed by atoms with Gasteiger partial charge in [-0.25, -0.2) is 8.42 Å². The molecule has 0 unspecified atom stereocenters. The number of carbonyl (C=O) groups excluding carboxylic acids is 1. The minimum atomic E-state index is -3.34. The van der Waals surface area contributed by atoms with Gasteiger partial charge in [-0.15, -0.1) is 0 Å². The normalized spacial score (nSPS) is 13.3. The summed E-state index contributed by atoms with van der Waals surface area (Å²) in [5.41, 5.74) is 0.949. The van der Waals surface area contributed by atoms with Crippen LogP contribution in [0.2, 0.25) is 0 Å². The average Bonchev–Trinajstić information content (AvgIpc) is 2.27. The lowest BCUT2D eigenvalue weighted by Gasteiger charge is -2.18. The van der Waals surface area contributed by atoms with E-state index in [0.717, 1.165) is 20.6 Å². The number of benzene rings is 1. The first kappa shape index (κ1) is 16.1. The van der Waals surface area contributed by atoms with E-state index in [-0.39, 0.29) is 18.5 Å². The molecule has 0 spiro atoms. The molecule has 7 heteroatoms. The van der Waals surface area contributed by atoms with Gasteiger partial charge in [-0.1, -0.05) is 28.1 Å². The Labute approximate surface area is 122 Å². The molecule has 1 aromatic rings. The Kier molecular flexibility index (Phi) is 5.51. The predicted molar refractivity (Wildman–Crippen MR) is 78.2 cm³/mol. The predicted octanol–water partition coefficient (Wildman–Crippen LogP) is 1.52. The lowest BCUT2D eigenvalue weighted by molar-refractivity contribution is -0.121. The summed E-state index contributed by atoms with van der Waals surface area (Å²) in [6, 6.07) is 7.40. The summed E-state index contributed by atoms with van der Waals surface area (Å²) < 4.78 is 24.4. The van der Waals surface area contributed by atoms with Gasteiger partial charge in [0.1, 0.15) is 0 Å². The van der Waals surface area contributed by atoms with E-state index in [1.807, 2.05) is 31.2 Å². The highest BCUT2D eigenvalue weighted by Gasteiger charge is 2.16. The van der Waals surface area contributed by atoms with Crippen LogP contribution in [0.1, 0.15) is 18.5 Å². The van der Waals surface area contributed by atoms with E-state index in [9.17, 15) is 13.2 Å². The number of likely N-dealkylation sites (N-methyl/N-ethyl adjacent to an activating group) is 1. The van der Waals surface area contributed by atoms with Gasteiger partial charge in [0.2, 0.25) is 15.9 Å². The fourth-order valence-electron chi connectivity index (χ4n) is 1.47. The fourth-order valence-corrected chi connectivity index (χ4v) is 2.23. The van der Waals surface area contributed by atoms with E-state index in [0.29, 0.717) is 0 Å². The van der Waals surface area contributed by atoms with Crippen LogP contribution in [-0.2, 0) is 14.8 Å². The van der Waals surface area contributed by atoms with Crippen LogP contribution in [0, 0.1) is 0 Å². The molecule has 106 valence electrons. The molecule has 0 radical (unpaired) electrons. The van der Waals surface area contributed by atoms with Gasteiger partial charge in [0.15, 0.2) is 0 Å². The summed E-state index contributed by atoms with van der Waals surface area (Å²) in [6.07, 6.45) is 1.07. The van der Waals surface area contributed by atoms with E-state index in [4.69, 9.17) is 0 Å². The Morgan fingerprint density at radius 3 is 2.63 bits per heavy atom. The molecule has 0 heterocycles. The Balaban J connectivity index is 2.63. The second-order valence-corrected chi connectivity index (χ2v) is 7.37. The molecule has 0 aliphatic rings. The van der Waals surface area contributed by atoms with E-state index < -0.39 is 10.0 Å². The van der Waals surface area contributed by atoms with Crippen LogP contribution in [0.15, 0.2) is 28.7 Å². The molecule has 1 rings (SSSR count). The highest BCUT2D eigenvalue weighted by Crippen LogP contribution is 2.17.